The smallest absolute Gasteiger partial charge is 0.330 e. The fraction of sp³-hybridized carbons (Fsp3) is 0.174. The lowest BCUT2D eigenvalue weighted by Gasteiger charge is -2.13. The molecule has 2 aromatic rings. The molecule has 0 bridgehead atoms. The lowest BCUT2D eigenvalue weighted by Crippen LogP contribution is -2.22. The number of benzene rings is 2. The van der Waals surface area contributed by atoms with Crippen LogP contribution in [0.5, 0.6) is 0 Å². The minimum atomic E-state index is -0.934. The summed E-state index contributed by atoms with van der Waals surface area (Å²) in [6.45, 7) is 3.64. The highest BCUT2D eigenvalue weighted by Gasteiger charge is 2.14. The van der Waals surface area contributed by atoms with Gasteiger partial charge in [-0.2, -0.15) is 0 Å². The molecule has 0 spiro atoms. The summed E-state index contributed by atoms with van der Waals surface area (Å²) in [5.41, 5.74) is -0.0376. The molecular formula is C23H22F2N2O5. The maximum Gasteiger partial charge on any atom is 0.330 e. The number of hydrogen-bond acceptors (Lipinski definition) is 5. The van der Waals surface area contributed by atoms with Crippen LogP contribution in [0.2, 0.25) is 0 Å². The van der Waals surface area contributed by atoms with Gasteiger partial charge in [0.25, 0.3) is 0 Å². The highest BCUT2D eigenvalue weighted by molar-refractivity contribution is 6.03. The van der Waals surface area contributed by atoms with Crippen LogP contribution in [-0.2, 0) is 19.1 Å². The number of anilines is 2. The van der Waals surface area contributed by atoms with Crippen molar-refractivity contribution in [3.8, 4) is 0 Å². The number of nitrogens with one attached hydrogen (secondary N) is 2. The average molecular weight is 444 g/mol. The van der Waals surface area contributed by atoms with Crippen molar-refractivity contribution in [3.05, 3.63) is 71.3 Å². The Hall–Kier alpha value is -4.01. The van der Waals surface area contributed by atoms with Crippen LogP contribution in [0, 0.1) is 11.6 Å². The number of urea groups is 1. The minimum absolute atomic E-state index is 0.176. The predicted molar refractivity (Wildman–Crippen MR) is 117 cm³/mol. The standard InChI is InChI=1S/C23H22F2N2O5/c1-3-31-19(28)13-11-15-7-5-9-17(24)21(15)26-23(30)27-22-16(8-6-10-18(22)25)12-14-20(29)32-4-2/h5-14H,3-4H2,1-2H3,(H2,26,27,30)/b13-11+,14-12+. The van der Waals surface area contributed by atoms with Gasteiger partial charge in [-0.05, 0) is 38.1 Å². The van der Waals surface area contributed by atoms with E-state index in [1.807, 2.05) is 0 Å². The fourth-order valence-electron chi connectivity index (χ4n) is 2.58. The van der Waals surface area contributed by atoms with Crippen LogP contribution >= 0.6 is 0 Å². The van der Waals surface area contributed by atoms with Crippen molar-refractivity contribution < 1.29 is 32.6 Å². The Morgan fingerprint density at radius 2 is 1.19 bits per heavy atom. The maximum absolute atomic E-state index is 14.3. The molecule has 0 saturated heterocycles. The van der Waals surface area contributed by atoms with Gasteiger partial charge < -0.3 is 20.1 Å². The summed E-state index contributed by atoms with van der Waals surface area (Å²) >= 11 is 0. The molecule has 2 rings (SSSR count). The number of carbonyl (C=O) groups is 3. The maximum atomic E-state index is 14.3. The first-order valence-electron chi connectivity index (χ1n) is 9.70. The molecule has 2 amide bonds. The predicted octanol–water partition coefficient (Wildman–Crippen LogP) is 4.76. The lowest BCUT2D eigenvalue weighted by atomic mass is 10.1. The Balaban J connectivity index is 2.24. The number of esters is 2. The molecule has 0 fully saturated rings. The summed E-state index contributed by atoms with van der Waals surface area (Å²) in [6.07, 6.45) is 4.76. The zero-order valence-corrected chi connectivity index (χ0v) is 17.5. The molecule has 0 aliphatic heterocycles. The molecule has 0 aliphatic rings. The molecule has 9 heteroatoms. The third-order valence-corrected chi connectivity index (χ3v) is 3.94. The summed E-state index contributed by atoms with van der Waals surface area (Å²) in [5, 5.41) is 4.62. The molecule has 32 heavy (non-hydrogen) atoms. The highest BCUT2D eigenvalue weighted by atomic mass is 19.1. The molecular weight excluding hydrogens is 422 g/mol. The Kier molecular flexibility index (Phi) is 9.09. The van der Waals surface area contributed by atoms with Crippen molar-refractivity contribution in [2.24, 2.45) is 0 Å². The molecule has 0 aromatic heterocycles. The second-order valence-corrected chi connectivity index (χ2v) is 6.16. The molecule has 7 nitrogen and oxygen atoms in total. The zero-order chi connectivity index (χ0) is 23.5. The quantitative estimate of drug-likeness (QED) is 0.452. The van der Waals surface area contributed by atoms with Gasteiger partial charge in [-0.1, -0.05) is 24.3 Å². The summed E-state index contributed by atoms with van der Waals surface area (Å²) in [4.78, 5) is 35.5. The number of rotatable bonds is 8. The topological polar surface area (TPSA) is 93.7 Å². The van der Waals surface area contributed by atoms with Gasteiger partial charge in [-0.25, -0.2) is 23.2 Å². The van der Waals surface area contributed by atoms with Crippen molar-refractivity contribution in [1.29, 1.82) is 0 Å². The Morgan fingerprint density at radius 3 is 1.56 bits per heavy atom. The van der Waals surface area contributed by atoms with E-state index in [0.29, 0.717) is 0 Å². The van der Waals surface area contributed by atoms with Crippen LogP contribution in [-0.4, -0.2) is 31.2 Å². The van der Waals surface area contributed by atoms with Crippen molar-refractivity contribution in [2.75, 3.05) is 23.8 Å². The van der Waals surface area contributed by atoms with E-state index >= 15 is 0 Å². The first-order valence-corrected chi connectivity index (χ1v) is 9.70. The van der Waals surface area contributed by atoms with Crippen LogP contribution in [0.15, 0.2) is 48.6 Å². The Labute approximate surface area is 183 Å². The lowest BCUT2D eigenvalue weighted by molar-refractivity contribution is -0.138. The minimum Gasteiger partial charge on any atom is -0.463 e. The normalized spacial score (nSPS) is 10.9. The molecule has 0 radical (unpaired) electrons. The number of hydrogen-bond donors (Lipinski definition) is 2. The number of carbonyl (C=O) groups excluding carboxylic acids is 3. The van der Waals surface area contributed by atoms with Gasteiger partial charge in [0.2, 0.25) is 0 Å². The van der Waals surface area contributed by atoms with E-state index in [1.54, 1.807) is 13.8 Å². The fourth-order valence-corrected chi connectivity index (χ4v) is 2.58. The Morgan fingerprint density at radius 1 is 0.781 bits per heavy atom. The highest BCUT2D eigenvalue weighted by Crippen LogP contribution is 2.24. The van der Waals surface area contributed by atoms with Crippen molar-refractivity contribution in [1.82, 2.24) is 0 Å². The number of halogens is 2. The van der Waals surface area contributed by atoms with Crippen LogP contribution in [0.3, 0.4) is 0 Å². The van der Waals surface area contributed by atoms with Gasteiger partial charge in [-0.15, -0.1) is 0 Å². The molecule has 0 unspecified atom stereocenters. The van der Waals surface area contributed by atoms with Crippen LogP contribution in [0.25, 0.3) is 12.2 Å². The first-order chi connectivity index (χ1) is 15.3. The van der Waals surface area contributed by atoms with E-state index in [-0.39, 0.29) is 35.7 Å². The molecule has 2 aromatic carbocycles. The van der Waals surface area contributed by atoms with Gasteiger partial charge >= 0.3 is 18.0 Å². The van der Waals surface area contributed by atoms with Crippen molar-refractivity contribution in [2.45, 2.75) is 13.8 Å². The van der Waals surface area contributed by atoms with Gasteiger partial charge in [0.15, 0.2) is 0 Å². The third-order valence-electron chi connectivity index (χ3n) is 3.94. The van der Waals surface area contributed by atoms with E-state index in [2.05, 4.69) is 10.6 Å². The molecule has 0 heterocycles. The van der Waals surface area contributed by atoms with Crippen LogP contribution in [0.4, 0.5) is 25.0 Å². The molecule has 0 saturated carbocycles. The monoisotopic (exact) mass is 444 g/mol. The SMILES string of the molecule is CCOC(=O)/C=C/c1cccc(F)c1NC(=O)Nc1c(F)cccc1/C=C/C(=O)OCC. The second kappa shape index (κ2) is 12.0. The molecule has 0 aliphatic carbocycles. The molecule has 168 valence electrons. The molecule has 2 N–H and O–H groups in total. The van der Waals surface area contributed by atoms with Gasteiger partial charge in [0.1, 0.15) is 11.6 Å². The van der Waals surface area contributed by atoms with E-state index in [0.717, 1.165) is 24.3 Å². The van der Waals surface area contributed by atoms with Gasteiger partial charge in [-0.3, -0.25) is 0 Å². The van der Waals surface area contributed by atoms with Gasteiger partial charge in [0, 0.05) is 23.3 Å². The van der Waals surface area contributed by atoms with Gasteiger partial charge in [0.05, 0.1) is 24.6 Å². The Bertz CT molecular complexity index is 969. The summed E-state index contributed by atoms with van der Waals surface area (Å²) in [6, 6.07) is 7.06. The van der Waals surface area contributed by atoms with E-state index in [4.69, 9.17) is 9.47 Å². The third kappa shape index (κ3) is 7.05. The summed E-state index contributed by atoms with van der Waals surface area (Å²) in [7, 11) is 0. The van der Waals surface area contributed by atoms with Crippen molar-refractivity contribution in [3.63, 3.8) is 0 Å². The average Bonchev–Trinajstić information content (AvgIpc) is 2.75. The second-order valence-electron chi connectivity index (χ2n) is 6.16. The summed E-state index contributed by atoms with van der Waals surface area (Å²) < 4.78 is 38.2. The zero-order valence-electron chi connectivity index (χ0n) is 17.5. The van der Waals surface area contributed by atoms with Crippen LogP contribution in [0.1, 0.15) is 25.0 Å². The number of ether oxygens (including phenoxy) is 2. The number of amides is 2. The largest absolute Gasteiger partial charge is 0.463 e. The van der Waals surface area contributed by atoms with Crippen molar-refractivity contribution >= 4 is 41.5 Å². The molecule has 0 atom stereocenters. The van der Waals surface area contributed by atoms with Crippen LogP contribution < -0.4 is 10.6 Å². The van der Waals surface area contributed by atoms with E-state index in [9.17, 15) is 23.2 Å². The number of para-hydroxylation sites is 2. The summed E-state index contributed by atoms with van der Waals surface area (Å²) in [5.74, 6) is -2.78. The first kappa shape index (κ1) is 24.3. The van der Waals surface area contributed by atoms with E-state index in [1.165, 1.54) is 36.4 Å². The van der Waals surface area contributed by atoms with E-state index < -0.39 is 29.6 Å².